The Bertz CT molecular complexity index is 1560. The van der Waals surface area contributed by atoms with Crippen molar-refractivity contribution in [2.24, 2.45) is 5.92 Å². The van der Waals surface area contributed by atoms with Crippen molar-refractivity contribution in [2.45, 2.75) is 12.8 Å². The fourth-order valence-corrected chi connectivity index (χ4v) is 4.20. The van der Waals surface area contributed by atoms with Crippen LogP contribution < -0.4 is 10.1 Å². The Hall–Kier alpha value is -4.01. The first kappa shape index (κ1) is 23.7. The summed E-state index contributed by atoms with van der Waals surface area (Å²) in [6, 6.07) is 3.21. The predicted octanol–water partition coefficient (Wildman–Crippen LogP) is 3.63. The number of aromatic nitrogens is 5. The second kappa shape index (κ2) is 9.56. The molecule has 1 fully saturated rings. The van der Waals surface area contributed by atoms with Crippen LogP contribution >= 0.6 is 22.9 Å². The molecular formula is C24H20ClN7O3S. The summed E-state index contributed by atoms with van der Waals surface area (Å²) >= 11 is 7.37. The van der Waals surface area contributed by atoms with Gasteiger partial charge in [-0.05, 0) is 30.9 Å². The largest absolute Gasteiger partial charge is 0.494 e. The molecule has 4 aromatic heterocycles. The lowest BCUT2D eigenvalue weighted by Gasteiger charge is -2.13. The summed E-state index contributed by atoms with van der Waals surface area (Å²) in [5.74, 6) is 6.29. The second-order valence-electron chi connectivity index (χ2n) is 8.31. The van der Waals surface area contributed by atoms with Crippen LogP contribution in [0.25, 0.3) is 16.8 Å². The molecule has 4 heterocycles. The third kappa shape index (κ3) is 4.86. The van der Waals surface area contributed by atoms with E-state index in [0.717, 1.165) is 12.8 Å². The highest BCUT2D eigenvalue weighted by Gasteiger charge is 2.22. The van der Waals surface area contributed by atoms with E-state index in [0.29, 0.717) is 38.6 Å². The van der Waals surface area contributed by atoms with Gasteiger partial charge in [0, 0.05) is 43.5 Å². The van der Waals surface area contributed by atoms with E-state index in [2.05, 4.69) is 37.3 Å². The van der Waals surface area contributed by atoms with Gasteiger partial charge in [0.05, 0.1) is 18.9 Å². The van der Waals surface area contributed by atoms with Gasteiger partial charge in [0.15, 0.2) is 5.01 Å². The van der Waals surface area contributed by atoms with Crippen molar-refractivity contribution in [3.63, 3.8) is 0 Å². The molecule has 0 spiro atoms. The summed E-state index contributed by atoms with van der Waals surface area (Å²) < 4.78 is 7.15. The number of pyridine rings is 2. The summed E-state index contributed by atoms with van der Waals surface area (Å²) in [6.07, 6.45) is 7.00. The molecule has 4 aromatic rings. The van der Waals surface area contributed by atoms with Crippen molar-refractivity contribution in [1.82, 2.24) is 29.5 Å². The van der Waals surface area contributed by atoms with Gasteiger partial charge >= 0.3 is 0 Å². The number of anilines is 1. The van der Waals surface area contributed by atoms with Crippen molar-refractivity contribution >= 4 is 45.5 Å². The molecule has 36 heavy (non-hydrogen) atoms. The monoisotopic (exact) mass is 521 g/mol. The summed E-state index contributed by atoms with van der Waals surface area (Å²) in [5, 5.41) is 12.0. The molecule has 0 bridgehead atoms. The minimum Gasteiger partial charge on any atom is -0.494 e. The summed E-state index contributed by atoms with van der Waals surface area (Å²) in [7, 11) is 4.79. The van der Waals surface area contributed by atoms with Crippen LogP contribution in [0, 0.1) is 17.8 Å². The topological polar surface area (TPSA) is 115 Å². The van der Waals surface area contributed by atoms with Crippen LogP contribution in [0.4, 0.5) is 5.13 Å². The Morgan fingerprint density at radius 2 is 2.03 bits per heavy atom. The van der Waals surface area contributed by atoms with Gasteiger partial charge in [-0.15, -0.1) is 10.2 Å². The molecule has 5 rings (SSSR count). The Morgan fingerprint density at radius 1 is 1.22 bits per heavy atom. The number of rotatable bonds is 5. The fourth-order valence-electron chi connectivity index (χ4n) is 3.44. The number of nitrogens with one attached hydrogen (secondary N) is 1. The Morgan fingerprint density at radius 3 is 2.75 bits per heavy atom. The number of carbonyl (C=O) groups excluding carboxylic acids is 2. The zero-order valence-corrected chi connectivity index (χ0v) is 21.1. The Labute approximate surface area is 215 Å². The predicted molar refractivity (Wildman–Crippen MR) is 135 cm³/mol. The van der Waals surface area contributed by atoms with Gasteiger partial charge in [0.1, 0.15) is 22.2 Å². The van der Waals surface area contributed by atoms with Crippen LogP contribution in [0.1, 0.15) is 38.7 Å². The molecule has 0 unspecified atom stereocenters. The Balaban J connectivity index is 1.58. The number of imidazole rings is 1. The van der Waals surface area contributed by atoms with E-state index in [9.17, 15) is 9.59 Å². The fraction of sp³-hybridized carbons (Fsp3) is 0.250. The summed E-state index contributed by atoms with van der Waals surface area (Å²) in [4.78, 5) is 35.8. The zero-order valence-electron chi connectivity index (χ0n) is 19.6. The maximum atomic E-state index is 13.5. The molecule has 0 aromatic carbocycles. The van der Waals surface area contributed by atoms with E-state index in [1.807, 2.05) is 0 Å². The van der Waals surface area contributed by atoms with E-state index in [1.54, 1.807) is 43.0 Å². The molecule has 12 heteroatoms. The van der Waals surface area contributed by atoms with Crippen molar-refractivity contribution in [1.29, 1.82) is 0 Å². The van der Waals surface area contributed by atoms with Gasteiger partial charge in [0.2, 0.25) is 5.13 Å². The molecule has 1 N–H and O–H groups in total. The number of hydrogen-bond acceptors (Lipinski definition) is 8. The van der Waals surface area contributed by atoms with Crippen LogP contribution in [0.15, 0.2) is 30.7 Å². The van der Waals surface area contributed by atoms with E-state index >= 15 is 0 Å². The third-order valence-corrected chi connectivity index (χ3v) is 6.37. The third-order valence-electron chi connectivity index (χ3n) is 5.41. The minimum atomic E-state index is -0.441. The quantitative estimate of drug-likeness (QED) is 0.315. The van der Waals surface area contributed by atoms with Crippen LogP contribution in [0.3, 0.4) is 0 Å². The van der Waals surface area contributed by atoms with E-state index in [4.69, 9.17) is 16.3 Å². The van der Waals surface area contributed by atoms with Gasteiger partial charge in [-0.1, -0.05) is 28.9 Å². The van der Waals surface area contributed by atoms with E-state index < -0.39 is 5.91 Å². The molecule has 1 aliphatic rings. The van der Waals surface area contributed by atoms with Gasteiger partial charge in [0.25, 0.3) is 11.8 Å². The average Bonchev–Trinajstić information content (AvgIpc) is 3.43. The van der Waals surface area contributed by atoms with Crippen LogP contribution in [0.2, 0.25) is 5.15 Å². The van der Waals surface area contributed by atoms with Gasteiger partial charge in [-0.2, -0.15) is 0 Å². The van der Waals surface area contributed by atoms with Gasteiger partial charge < -0.3 is 14.0 Å². The highest BCUT2D eigenvalue weighted by Crippen LogP contribution is 2.35. The lowest BCUT2D eigenvalue weighted by Crippen LogP contribution is -2.21. The molecule has 0 saturated heterocycles. The molecule has 0 aliphatic heterocycles. The smallest absolute Gasteiger partial charge is 0.273 e. The minimum absolute atomic E-state index is 0.231. The van der Waals surface area contributed by atoms with Crippen LogP contribution in [0.5, 0.6) is 5.75 Å². The SMILES string of the molecule is COc1cnc(Cl)cc1-c1cn2cc(C(=O)N(C)C)nc2cc1C(=O)Nc1nnc(C#CC2CC2)s1. The van der Waals surface area contributed by atoms with Crippen molar-refractivity contribution < 1.29 is 14.3 Å². The van der Waals surface area contributed by atoms with Crippen molar-refractivity contribution in [3.05, 3.63) is 52.1 Å². The number of hydrogen-bond donors (Lipinski definition) is 1. The summed E-state index contributed by atoms with van der Waals surface area (Å²) in [5.41, 5.74) is 1.98. The maximum Gasteiger partial charge on any atom is 0.273 e. The second-order valence-corrected chi connectivity index (χ2v) is 9.67. The standard InChI is InChI=1S/C24H20ClN7O3S/c1-31(2)23(34)17-12-32-11-16(14-8-19(25)26-10-18(14)35-3)15(9-20(32)27-17)22(33)28-24-30-29-21(36-24)7-6-13-4-5-13/h8-13H,4-5H2,1-3H3,(H,28,30,33). The number of nitrogens with zero attached hydrogens (tertiary/aromatic N) is 6. The summed E-state index contributed by atoms with van der Waals surface area (Å²) in [6.45, 7) is 0. The molecule has 182 valence electrons. The maximum absolute atomic E-state index is 13.5. The number of halogens is 1. The molecule has 1 aliphatic carbocycles. The van der Waals surface area contributed by atoms with Crippen molar-refractivity contribution in [2.75, 3.05) is 26.5 Å². The molecule has 1 saturated carbocycles. The number of methoxy groups -OCH3 is 1. The first-order valence-corrected chi connectivity index (χ1v) is 12.1. The van der Waals surface area contributed by atoms with Crippen LogP contribution in [-0.4, -0.2) is 62.5 Å². The average molecular weight is 522 g/mol. The number of ether oxygens (including phenoxy) is 1. The highest BCUT2D eigenvalue weighted by atomic mass is 35.5. The van der Waals surface area contributed by atoms with Gasteiger partial charge in [-0.25, -0.2) is 9.97 Å². The number of amides is 2. The highest BCUT2D eigenvalue weighted by molar-refractivity contribution is 7.15. The lowest BCUT2D eigenvalue weighted by atomic mass is 10.0. The lowest BCUT2D eigenvalue weighted by molar-refractivity contribution is 0.0822. The van der Waals surface area contributed by atoms with E-state index in [1.165, 1.54) is 29.5 Å². The molecular weight excluding hydrogens is 502 g/mol. The first-order chi connectivity index (χ1) is 17.3. The zero-order chi connectivity index (χ0) is 25.4. The number of fused-ring (bicyclic) bond motifs is 1. The molecule has 0 atom stereocenters. The first-order valence-electron chi connectivity index (χ1n) is 10.9. The van der Waals surface area contributed by atoms with Gasteiger partial charge in [-0.3, -0.25) is 14.9 Å². The van der Waals surface area contributed by atoms with Crippen LogP contribution in [-0.2, 0) is 0 Å². The van der Waals surface area contributed by atoms with E-state index in [-0.39, 0.29) is 22.3 Å². The molecule has 0 radical (unpaired) electrons. The molecule has 10 nitrogen and oxygen atoms in total. The normalized spacial score (nSPS) is 12.7. The molecule has 2 amide bonds. The number of carbonyl (C=O) groups is 2. The Kier molecular flexibility index (Phi) is 6.30. The van der Waals surface area contributed by atoms with Crippen molar-refractivity contribution in [3.8, 4) is 28.7 Å².